The van der Waals surface area contributed by atoms with Crippen molar-refractivity contribution in [2.75, 3.05) is 0 Å². The lowest BCUT2D eigenvalue weighted by molar-refractivity contribution is -0.137. The third-order valence-corrected chi connectivity index (χ3v) is 6.17. The van der Waals surface area contributed by atoms with E-state index in [9.17, 15) is 17.6 Å². The summed E-state index contributed by atoms with van der Waals surface area (Å²) in [5.41, 5.74) is 10.8. The van der Waals surface area contributed by atoms with E-state index in [1.54, 1.807) is 0 Å². The minimum atomic E-state index is -4.49. The van der Waals surface area contributed by atoms with Crippen LogP contribution in [0.25, 0.3) is 0 Å². The molecule has 0 unspecified atom stereocenters. The number of hydrogen-bond acceptors (Lipinski definition) is 5. The summed E-state index contributed by atoms with van der Waals surface area (Å²) in [4.78, 5) is 1.19. The molecule has 0 bridgehead atoms. The van der Waals surface area contributed by atoms with Crippen LogP contribution in [0.2, 0.25) is 0 Å². The highest BCUT2D eigenvalue weighted by atomic mass is 79.9. The van der Waals surface area contributed by atoms with Gasteiger partial charge in [-0.2, -0.15) is 13.2 Å². The molecule has 0 saturated heterocycles. The van der Waals surface area contributed by atoms with Crippen molar-refractivity contribution < 1.29 is 17.6 Å². The minimum Gasteiger partial charge on any atom is -0.379 e. The van der Waals surface area contributed by atoms with Crippen molar-refractivity contribution in [1.82, 2.24) is 0 Å². The van der Waals surface area contributed by atoms with Gasteiger partial charge in [0.25, 0.3) is 0 Å². The van der Waals surface area contributed by atoms with E-state index in [4.69, 9.17) is 22.3 Å². The van der Waals surface area contributed by atoms with Gasteiger partial charge in [-0.25, -0.2) is 4.39 Å². The molecule has 0 aromatic heterocycles. The number of benzene rings is 2. The molecule has 166 valence electrons. The van der Waals surface area contributed by atoms with Crippen LogP contribution < -0.4 is 11.5 Å². The predicted octanol–water partition coefficient (Wildman–Crippen LogP) is 6.40. The Kier molecular flexibility index (Phi) is 12.5. The Morgan fingerprint density at radius 3 is 1.77 bits per heavy atom. The zero-order valence-corrected chi connectivity index (χ0v) is 21.0. The topological polar surface area (TPSA) is 99.7 Å². The normalized spacial score (nSPS) is 10.7. The van der Waals surface area contributed by atoms with Gasteiger partial charge >= 0.3 is 6.18 Å². The van der Waals surface area contributed by atoms with Crippen LogP contribution in [0, 0.1) is 16.6 Å². The minimum absolute atomic E-state index is 0. The van der Waals surface area contributed by atoms with Gasteiger partial charge in [0.15, 0.2) is 10.3 Å². The summed E-state index contributed by atoms with van der Waals surface area (Å²) in [5.74, 6) is -0.100. The van der Waals surface area contributed by atoms with Crippen molar-refractivity contribution in [3.63, 3.8) is 0 Å². The van der Waals surface area contributed by atoms with Gasteiger partial charge in [0, 0.05) is 21.3 Å². The van der Waals surface area contributed by atoms with Gasteiger partial charge in [-0.1, -0.05) is 35.3 Å². The lowest BCUT2D eigenvalue weighted by Crippen LogP contribution is -2.07. The Hall–Kier alpha value is -0.890. The van der Waals surface area contributed by atoms with Gasteiger partial charge in [0.1, 0.15) is 5.82 Å². The molecule has 0 fully saturated rings. The Balaban J connectivity index is 0.00000420. The van der Waals surface area contributed by atoms with Gasteiger partial charge in [-0.15, -0.1) is 34.0 Å². The third kappa shape index (κ3) is 9.08. The molecule has 0 heterocycles. The van der Waals surface area contributed by atoms with Gasteiger partial charge in [-0.05, 0) is 47.5 Å². The SMILES string of the molecule is Br.Br.N=C(N)SCc1cc(F)ccc1Sc1ccc(C(F)(F)F)cc1CSC(=N)N. The molecule has 0 spiro atoms. The van der Waals surface area contributed by atoms with E-state index in [1.807, 2.05) is 0 Å². The highest BCUT2D eigenvalue weighted by molar-refractivity contribution is 8.93. The molecule has 2 aromatic rings. The van der Waals surface area contributed by atoms with E-state index in [0.29, 0.717) is 20.9 Å². The fourth-order valence-electron chi connectivity index (χ4n) is 2.16. The van der Waals surface area contributed by atoms with Gasteiger partial charge in [0.2, 0.25) is 0 Å². The van der Waals surface area contributed by atoms with E-state index in [2.05, 4.69) is 0 Å². The highest BCUT2D eigenvalue weighted by Gasteiger charge is 2.31. The summed E-state index contributed by atoms with van der Waals surface area (Å²) in [7, 11) is 0. The molecule has 0 atom stereocenters. The summed E-state index contributed by atoms with van der Waals surface area (Å²) in [5, 5.41) is 14.3. The zero-order chi connectivity index (χ0) is 20.9. The molecular formula is C17H18Br2F4N4S3. The van der Waals surface area contributed by atoms with Crippen molar-refractivity contribution in [1.29, 1.82) is 10.8 Å². The van der Waals surface area contributed by atoms with Crippen LogP contribution in [0.4, 0.5) is 17.6 Å². The first-order valence-electron chi connectivity index (χ1n) is 7.66. The molecule has 0 radical (unpaired) electrons. The molecule has 13 heteroatoms. The van der Waals surface area contributed by atoms with Gasteiger partial charge < -0.3 is 11.5 Å². The molecule has 2 aromatic carbocycles. The molecule has 4 nitrogen and oxygen atoms in total. The number of nitrogens with one attached hydrogen (secondary N) is 2. The quantitative estimate of drug-likeness (QED) is 0.172. The maximum atomic E-state index is 13.6. The predicted molar refractivity (Wildman–Crippen MR) is 129 cm³/mol. The third-order valence-electron chi connectivity index (χ3n) is 3.40. The van der Waals surface area contributed by atoms with Crippen molar-refractivity contribution in [2.45, 2.75) is 27.5 Å². The average molecular weight is 610 g/mol. The lowest BCUT2D eigenvalue weighted by Gasteiger charge is -2.15. The Morgan fingerprint density at radius 1 is 0.833 bits per heavy atom. The molecule has 0 aliphatic rings. The summed E-state index contributed by atoms with van der Waals surface area (Å²) in [6.07, 6.45) is -4.49. The van der Waals surface area contributed by atoms with E-state index in [0.717, 1.165) is 35.7 Å². The number of alkyl halides is 3. The monoisotopic (exact) mass is 608 g/mol. The van der Waals surface area contributed by atoms with Crippen LogP contribution in [-0.2, 0) is 17.7 Å². The summed E-state index contributed by atoms with van der Waals surface area (Å²) in [6, 6.07) is 7.48. The zero-order valence-electron chi connectivity index (χ0n) is 15.1. The lowest BCUT2D eigenvalue weighted by atomic mass is 10.1. The second kappa shape index (κ2) is 12.8. The van der Waals surface area contributed by atoms with E-state index in [-0.39, 0.29) is 55.8 Å². The number of halogens is 6. The second-order valence-electron chi connectivity index (χ2n) is 5.48. The summed E-state index contributed by atoms with van der Waals surface area (Å²) < 4.78 is 52.8. The molecule has 0 saturated carbocycles. The van der Waals surface area contributed by atoms with Crippen LogP contribution in [0.1, 0.15) is 16.7 Å². The van der Waals surface area contributed by atoms with Crippen molar-refractivity contribution in [3.05, 3.63) is 58.9 Å². The molecule has 0 amide bonds. The van der Waals surface area contributed by atoms with Crippen LogP contribution >= 0.6 is 69.2 Å². The smallest absolute Gasteiger partial charge is 0.379 e. The van der Waals surface area contributed by atoms with E-state index in [1.165, 1.54) is 36.0 Å². The number of thioether (sulfide) groups is 2. The standard InChI is InChI=1S/C17H16F4N4S3.2BrH/c18-12-2-4-14(10(6-12)8-27-16(24)25)28-13-3-1-11(17(19,20)21)5-9(13)7-26-15(22)23;;/h1-6H,7-8H2,(H3,22,23)(H3,24,25);2*1H. The first kappa shape index (κ1) is 29.1. The second-order valence-corrected chi connectivity index (χ2v) is 8.60. The van der Waals surface area contributed by atoms with E-state index >= 15 is 0 Å². The Labute approximate surface area is 204 Å². The number of rotatable bonds is 6. The number of amidine groups is 2. The first-order valence-corrected chi connectivity index (χ1v) is 10.4. The number of nitrogens with two attached hydrogens (primary N) is 2. The molecule has 30 heavy (non-hydrogen) atoms. The molecule has 0 aliphatic carbocycles. The maximum absolute atomic E-state index is 13.6. The highest BCUT2D eigenvalue weighted by Crippen LogP contribution is 2.39. The molecule has 0 aliphatic heterocycles. The van der Waals surface area contributed by atoms with E-state index < -0.39 is 17.6 Å². The first-order chi connectivity index (χ1) is 13.1. The van der Waals surface area contributed by atoms with Crippen LogP contribution in [0.5, 0.6) is 0 Å². The fourth-order valence-corrected chi connectivity index (χ4v) is 4.47. The van der Waals surface area contributed by atoms with Crippen molar-refractivity contribution >= 4 is 79.6 Å². The molecule has 6 N–H and O–H groups in total. The van der Waals surface area contributed by atoms with Crippen molar-refractivity contribution in [3.8, 4) is 0 Å². The van der Waals surface area contributed by atoms with Crippen LogP contribution in [0.15, 0.2) is 46.2 Å². The van der Waals surface area contributed by atoms with Crippen LogP contribution in [0.3, 0.4) is 0 Å². The summed E-state index contributed by atoms with van der Waals surface area (Å²) in [6.45, 7) is 0. The van der Waals surface area contributed by atoms with Crippen LogP contribution in [-0.4, -0.2) is 10.3 Å². The largest absolute Gasteiger partial charge is 0.416 e. The van der Waals surface area contributed by atoms with Gasteiger partial charge in [0.05, 0.1) is 5.56 Å². The molecule has 2 rings (SSSR count). The maximum Gasteiger partial charge on any atom is 0.416 e. The number of hydrogen-bond donors (Lipinski definition) is 4. The Bertz CT molecular complexity index is 898. The Morgan fingerprint density at radius 2 is 1.30 bits per heavy atom. The fraction of sp³-hybridized carbons (Fsp3) is 0.176. The molecular weight excluding hydrogens is 592 g/mol. The van der Waals surface area contributed by atoms with Gasteiger partial charge in [-0.3, -0.25) is 10.8 Å². The average Bonchev–Trinajstić information content (AvgIpc) is 2.59. The van der Waals surface area contributed by atoms with Crippen molar-refractivity contribution in [2.24, 2.45) is 11.5 Å². The summed E-state index contributed by atoms with van der Waals surface area (Å²) >= 11 is 3.14.